The number of allylic oxidation sites excluding steroid dienone is 4. The average Bonchev–Trinajstić information content (AvgIpc) is 4.04. The van der Waals surface area contributed by atoms with Gasteiger partial charge in [-0.2, -0.15) is 0 Å². The first kappa shape index (κ1) is 36.2. The van der Waals surface area contributed by atoms with E-state index >= 15 is 0 Å². The van der Waals surface area contributed by atoms with Crippen molar-refractivity contribution in [1.82, 2.24) is 19.5 Å². The maximum Gasteiger partial charge on any atom is 0.165 e. The van der Waals surface area contributed by atoms with Crippen molar-refractivity contribution in [3.8, 4) is 56.4 Å². The lowest BCUT2D eigenvalue weighted by Crippen LogP contribution is -2.06. The Balaban J connectivity index is 0.999. The fraction of sp³-hybridized carbons (Fsp3) is 0.0351. The minimum absolute atomic E-state index is 0.231. The Morgan fingerprint density at radius 3 is 1.73 bits per heavy atom. The van der Waals surface area contributed by atoms with Crippen molar-refractivity contribution in [3.05, 3.63) is 200 Å². The molecule has 12 aromatic rings. The van der Waals surface area contributed by atoms with Crippen LogP contribution < -0.4 is 0 Å². The number of hydrogen-bond acceptors (Lipinski definition) is 5. The summed E-state index contributed by atoms with van der Waals surface area (Å²) in [5.41, 5.74) is 10.1. The lowest BCUT2D eigenvalue weighted by Gasteiger charge is -2.19. The number of nitrogens with zero attached hydrogens (tertiary/aromatic N) is 4. The highest BCUT2D eigenvalue weighted by molar-refractivity contribution is 7.27. The van der Waals surface area contributed by atoms with Crippen molar-refractivity contribution >= 4 is 84.8 Å². The molecule has 1 aliphatic rings. The average molecular weight is 841 g/mol. The molecule has 0 saturated carbocycles. The van der Waals surface area contributed by atoms with Crippen LogP contribution in [0, 0.1) is 0 Å². The second-order valence-electron chi connectivity index (χ2n) is 16.3. The molecule has 6 heteroatoms. The SMILES string of the molecule is C1=CCC(n2c3cc(-c4cccc(-c5cc(-c6nc(-c7ccccc7)nc(-c7ccccc7)n6)c6sc7ccccc7c6c5)c4)ccc3c3c4sc5ccccc5c4ccc32)C=C1. The predicted molar refractivity (Wildman–Crippen MR) is 268 cm³/mol. The van der Waals surface area contributed by atoms with E-state index in [9.17, 15) is 0 Å². The van der Waals surface area contributed by atoms with Crippen LogP contribution in [0.1, 0.15) is 12.5 Å². The first-order valence-corrected chi connectivity index (χ1v) is 23.0. The minimum Gasteiger partial charge on any atom is -0.333 e. The third-order valence-electron chi connectivity index (χ3n) is 12.5. The van der Waals surface area contributed by atoms with E-state index in [-0.39, 0.29) is 6.04 Å². The molecule has 63 heavy (non-hydrogen) atoms. The fourth-order valence-electron chi connectivity index (χ4n) is 9.57. The first-order chi connectivity index (χ1) is 31.2. The smallest absolute Gasteiger partial charge is 0.165 e. The highest BCUT2D eigenvalue weighted by Gasteiger charge is 2.22. The fourth-order valence-corrected chi connectivity index (χ4v) is 12.0. The van der Waals surface area contributed by atoms with Gasteiger partial charge in [-0.3, -0.25) is 0 Å². The molecule has 0 spiro atoms. The van der Waals surface area contributed by atoms with E-state index in [0.717, 1.165) is 38.9 Å². The van der Waals surface area contributed by atoms with Gasteiger partial charge in [-0.25, -0.2) is 15.0 Å². The zero-order chi connectivity index (χ0) is 41.4. The van der Waals surface area contributed by atoms with Gasteiger partial charge in [0.25, 0.3) is 0 Å². The molecule has 0 saturated heterocycles. The molecule has 8 aromatic carbocycles. The summed E-state index contributed by atoms with van der Waals surface area (Å²) in [7, 11) is 0. The standard InChI is InChI=1S/C57H36N4S2/c1-4-15-35(16-5-1)55-58-56(36-17-6-2-7-18-36)60-57(59-55)47-33-40(32-46-43-24-11-13-26-51(43)62-53(46)47)38-20-14-19-37(31-38)39-27-28-45-49(34-39)61(41-21-8-3-9-22-41)48-30-29-44-42-23-10-12-25-50(42)63-54(44)52(45)48/h1-21,23-34,41H,22H2. The first-order valence-electron chi connectivity index (χ1n) is 21.4. The van der Waals surface area contributed by atoms with Gasteiger partial charge in [0.1, 0.15) is 0 Å². The molecule has 4 heterocycles. The number of hydrogen-bond donors (Lipinski definition) is 0. The normalized spacial score (nSPS) is 14.0. The van der Waals surface area contributed by atoms with Crippen molar-refractivity contribution < 1.29 is 0 Å². The van der Waals surface area contributed by atoms with Crippen LogP contribution in [-0.2, 0) is 0 Å². The van der Waals surface area contributed by atoms with Crippen LogP contribution >= 0.6 is 22.7 Å². The molecule has 0 amide bonds. The van der Waals surface area contributed by atoms with Crippen LogP contribution in [0.15, 0.2) is 200 Å². The molecular formula is C57H36N4S2. The van der Waals surface area contributed by atoms with Crippen LogP contribution in [-0.4, -0.2) is 19.5 Å². The van der Waals surface area contributed by atoms with Gasteiger partial charge in [-0.1, -0.05) is 158 Å². The number of rotatable bonds is 6. The van der Waals surface area contributed by atoms with Gasteiger partial charge in [0.15, 0.2) is 17.5 Å². The molecule has 0 radical (unpaired) electrons. The van der Waals surface area contributed by atoms with Crippen LogP contribution in [0.3, 0.4) is 0 Å². The summed E-state index contributed by atoms with van der Waals surface area (Å²) in [6, 6.07) is 63.6. The highest BCUT2D eigenvalue weighted by atomic mass is 32.1. The molecule has 1 atom stereocenters. The lowest BCUT2D eigenvalue weighted by molar-refractivity contribution is 0.648. The molecule has 4 nitrogen and oxygen atoms in total. The summed E-state index contributed by atoms with van der Waals surface area (Å²) >= 11 is 3.71. The third kappa shape index (κ3) is 5.98. The van der Waals surface area contributed by atoms with E-state index in [1.165, 1.54) is 68.6 Å². The Kier molecular flexibility index (Phi) is 8.36. The van der Waals surface area contributed by atoms with Gasteiger partial charge in [0.05, 0.1) is 17.1 Å². The van der Waals surface area contributed by atoms with Gasteiger partial charge >= 0.3 is 0 Å². The van der Waals surface area contributed by atoms with Crippen LogP contribution in [0.2, 0.25) is 0 Å². The van der Waals surface area contributed by atoms with E-state index < -0.39 is 0 Å². The summed E-state index contributed by atoms with van der Waals surface area (Å²) in [5, 5.41) is 7.73. The van der Waals surface area contributed by atoms with E-state index in [0.29, 0.717) is 17.5 Å². The van der Waals surface area contributed by atoms with Gasteiger partial charge in [-0.15, -0.1) is 22.7 Å². The zero-order valence-electron chi connectivity index (χ0n) is 33.9. The molecular weight excluding hydrogens is 805 g/mol. The summed E-state index contributed by atoms with van der Waals surface area (Å²) in [4.78, 5) is 15.5. The second-order valence-corrected chi connectivity index (χ2v) is 18.4. The predicted octanol–water partition coefficient (Wildman–Crippen LogP) is 16.1. The Labute approximate surface area is 371 Å². The van der Waals surface area contributed by atoms with Gasteiger partial charge in [-0.05, 0) is 71.1 Å². The molecule has 13 rings (SSSR count). The quantitative estimate of drug-likeness (QED) is 0.167. The summed E-state index contributed by atoms with van der Waals surface area (Å²) < 4.78 is 7.67. The Bertz CT molecular complexity index is 3780. The van der Waals surface area contributed by atoms with Crippen molar-refractivity contribution in [2.45, 2.75) is 12.5 Å². The van der Waals surface area contributed by atoms with Crippen LogP contribution in [0.5, 0.6) is 0 Å². The summed E-state index contributed by atoms with van der Waals surface area (Å²) in [6.45, 7) is 0. The molecule has 0 bridgehead atoms. The minimum atomic E-state index is 0.231. The van der Waals surface area contributed by atoms with Gasteiger partial charge in [0, 0.05) is 67.8 Å². The number of aromatic nitrogens is 4. The van der Waals surface area contributed by atoms with Crippen molar-refractivity contribution in [2.75, 3.05) is 0 Å². The number of fused-ring (bicyclic) bond motifs is 10. The number of thiophene rings is 2. The molecule has 1 aliphatic carbocycles. The summed E-state index contributed by atoms with van der Waals surface area (Å²) in [6.07, 6.45) is 9.96. The third-order valence-corrected chi connectivity index (χ3v) is 15.0. The maximum absolute atomic E-state index is 5.22. The van der Waals surface area contributed by atoms with Crippen molar-refractivity contribution in [2.24, 2.45) is 0 Å². The van der Waals surface area contributed by atoms with Crippen LogP contribution in [0.25, 0.3) is 119 Å². The molecule has 0 N–H and O–H groups in total. The van der Waals surface area contributed by atoms with E-state index in [4.69, 9.17) is 15.0 Å². The highest BCUT2D eigenvalue weighted by Crippen LogP contribution is 2.46. The largest absolute Gasteiger partial charge is 0.333 e. The Hall–Kier alpha value is -7.51. The maximum atomic E-state index is 5.22. The Morgan fingerprint density at radius 2 is 1.02 bits per heavy atom. The van der Waals surface area contributed by atoms with Gasteiger partial charge in [0.2, 0.25) is 0 Å². The van der Waals surface area contributed by atoms with Crippen molar-refractivity contribution in [1.29, 1.82) is 0 Å². The topological polar surface area (TPSA) is 43.6 Å². The van der Waals surface area contributed by atoms with E-state index in [1.807, 2.05) is 47.7 Å². The monoisotopic (exact) mass is 840 g/mol. The summed E-state index contributed by atoms with van der Waals surface area (Å²) in [5.74, 6) is 1.97. The molecule has 0 aliphatic heterocycles. The van der Waals surface area contributed by atoms with Crippen LogP contribution in [0.4, 0.5) is 0 Å². The Morgan fingerprint density at radius 1 is 0.413 bits per heavy atom. The lowest BCUT2D eigenvalue weighted by atomic mass is 9.95. The van der Waals surface area contributed by atoms with Crippen molar-refractivity contribution in [3.63, 3.8) is 0 Å². The van der Waals surface area contributed by atoms with E-state index in [1.54, 1.807) is 11.3 Å². The molecule has 4 aromatic heterocycles. The zero-order valence-corrected chi connectivity index (χ0v) is 35.6. The molecule has 296 valence electrons. The van der Waals surface area contributed by atoms with E-state index in [2.05, 4.69) is 168 Å². The molecule has 0 fully saturated rings. The number of benzene rings is 8. The van der Waals surface area contributed by atoms with Gasteiger partial charge < -0.3 is 4.57 Å². The molecule has 1 unspecified atom stereocenters. The second kappa shape index (κ2) is 14.6.